The predicted molar refractivity (Wildman–Crippen MR) is 66.5 cm³/mol. The molecule has 5 heteroatoms. The summed E-state index contributed by atoms with van der Waals surface area (Å²) in [4.78, 5) is 22.7. The van der Waals surface area contributed by atoms with Crippen LogP contribution in [0, 0.1) is 5.41 Å². The summed E-state index contributed by atoms with van der Waals surface area (Å²) in [5, 5.41) is 11.5. The van der Waals surface area contributed by atoms with Gasteiger partial charge in [0.05, 0.1) is 6.04 Å². The first-order chi connectivity index (χ1) is 7.70. The maximum Gasteiger partial charge on any atom is 0.326 e. The van der Waals surface area contributed by atoms with E-state index < -0.39 is 24.0 Å². The molecule has 100 valence electrons. The third kappa shape index (κ3) is 5.68. The SMILES string of the molecule is CCCC[C@H](NC(=O)[C@@H](N)C(C)(C)C)C(=O)O. The highest BCUT2D eigenvalue weighted by molar-refractivity contribution is 5.87. The number of carboxylic acids is 1. The van der Waals surface area contributed by atoms with Crippen LogP contribution in [0.25, 0.3) is 0 Å². The Morgan fingerprint density at radius 2 is 1.88 bits per heavy atom. The third-order valence-electron chi connectivity index (χ3n) is 2.68. The van der Waals surface area contributed by atoms with Crippen molar-refractivity contribution in [1.82, 2.24) is 5.32 Å². The van der Waals surface area contributed by atoms with Crippen molar-refractivity contribution >= 4 is 11.9 Å². The van der Waals surface area contributed by atoms with E-state index in [1.165, 1.54) is 0 Å². The molecule has 0 aliphatic heterocycles. The van der Waals surface area contributed by atoms with Gasteiger partial charge >= 0.3 is 5.97 Å². The number of carbonyl (C=O) groups excluding carboxylic acids is 1. The van der Waals surface area contributed by atoms with Crippen molar-refractivity contribution in [2.45, 2.75) is 59.0 Å². The minimum absolute atomic E-state index is 0.377. The van der Waals surface area contributed by atoms with E-state index in [2.05, 4.69) is 5.32 Å². The number of carbonyl (C=O) groups is 2. The van der Waals surface area contributed by atoms with Gasteiger partial charge in [0.1, 0.15) is 6.04 Å². The second kappa shape index (κ2) is 6.59. The van der Waals surface area contributed by atoms with Gasteiger partial charge in [-0.2, -0.15) is 0 Å². The third-order valence-corrected chi connectivity index (χ3v) is 2.68. The molecule has 4 N–H and O–H groups in total. The molecule has 0 saturated heterocycles. The lowest BCUT2D eigenvalue weighted by Crippen LogP contribution is -2.53. The quantitative estimate of drug-likeness (QED) is 0.652. The summed E-state index contributed by atoms with van der Waals surface area (Å²) in [6.45, 7) is 7.51. The van der Waals surface area contributed by atoms with E-state index in [1.54, 1.807) is 0 Å². The van der Waals surface area contributed by atoms with Gasteiger partial charge in [0.2, 0.25) is 5.91 Å². The molecule has 1 amide bonds. The second-order valence-corrected chi connectivity index (χ2v) is 5.39. The lowest BCUT2D eigenvalue weighted by Gasteiger charge is -2.27. The first kappa shape index (κ1) is 15.9. The highest BCUT2D eigenvalue weighted by Crippen LogP contribution is 2.17. The van der Waals surface area contributed by atoms with E-state index in [-0.39, 0.29) is 5.41 Å². The molecule has 0 aliphatic carbocycles. The van der Waals surface area contributed by atoms with Crippen molar-refractivity contribution in [3.8, 4) is 0 Å². The molecule has 0 aliphatic rings. The number of carboxylic acid groups (broad SMARTS) is 1. The smallest absolute Gasteiger partial charge is 0.326 e. The largest absolute Gasteiger partial charge is 0.480 e. The van der Waals surface area contributed by atoms with Gasteiger partial charge in [0.15, 0.2) is 0 Å². The molecule has 5 nitrogen and oxygen atoms in total. The number of aliphatic carboxylic acids is 1. The van der Waals surface area contributed by atoms with Crippen molar-refractivity contribution in [3.63, 3.8) is 0 Å². The van der Waals surface area contributed by atoms with Crippen molar-refractivity contribution in [2.24, 2.45) is 11.1 Å². The molecule has 2 atom stereocenters. The van der Waals surface area contributed by atoms with Crippen LogP contribution < -0.4 is 11.1 Å². The first-order valence-corrected chi connectivity index (χ1v) is 5.99. The summed E-state index contributed by atoms with van der Waals surface area (Å²) in [5.41, 5.74) is 5.39. The van der Waals surface area contributed by atoms with Crippen LogP contribution in [0.3, 0.4) is 0 Å². The highest BCUT2D eigenvalue weighted by Gasteiger charge is 2.30. The zero-order valence-corrected chi connectivity index (χ0v) is 11.1. The van der Waals surface area contributed by atoms with Crippen LogP contribution in [0.5, 0.6) is 0 Å². The lowest BCUT2D eigenvalue weighted by atomic mass is 9.86. The molecular weight excluding hydrogens is 220 g/mol. The minimum Gasteiger partial charge on any atom is -0.480 e. The molecule has 0 bridgehead atoms. The Kier molecular flexibility index (Phi) is 6.16. The predicted octanol–water partition coefficient (Wildman–Crippen LogP) is 1.12. The zero-order valence-electron chi connectivity index (χ0n) is 11.1. The monoisotopic (exact) mass is 244 g/mol. The van der Waals surface area contributed by atoms with Gasteiger partial charge < -0.3 is 16.2 Å². The van der Waals surface area contributed by atoms with Gasteiger partial charge in [-0.15, -0.1) is 0 Å². The minimum atomic E-state index is -1.01. The van der Waals surface area contributed by atoms with Crippen LogP contribution in [-0.2, 0) is 9.59 Å². The number of nitrogens with one attached hydrogen (secondary N) is 1. The molecule has 0 rings (SSSR count). The molecule has 0 spiro atoms. The van der Waals surface area contributed by atoms with E-state index in [1.807, 2.05) is 27.7 Å². The summed E-state index contributed by atoms with van der Waals surface area (Å²) in [7, 11) is 0. The van der Waals surface area contributed by atoms with Gasteiger partial charge in [-0.3, -0.25) is 4.79 Å². The van der Waals surface area contributed by atoms with Gasteiger partial charge in [-0.1, -0.05) is 40.5 Å². The van der Waals surface area contributed by atoms with E-state index in [9.17, 15) is 9.59 Å². The first-order valence-electron chi connectivity index (χ1n) is 5.99. The Balaban J connectivity index is 4.45. The van der Waals surface area contributed by atoms with E-state index >= 15 is 0 Å². The molecule has 0 aromatic rings. The van der Waals surface area contributed by atoms with Crippen LogP contribution in [0.2, 0.25) is 0 Å². The number of amides is 1. The van der Waals surface area contributed by atoms with Crippen LogP contribution >= 0.6 is 0 Å². The van der Waals surface area contributed by atoms with Crippen molar-refractivity contribution in [2.75, 3.05) is 0 Å². The van der Waals surface area contributed by atoms with Crippen LogP contribution in [-0.4, -0.2) is 29.1 Å². The maximum absolute atomic E-state index is 11.8. The Morgan fingerprint density at radius 1 is 1.35 bits per heavy atom. The molecule has 0 aromatic carbocycles. The van der Waals surface area contributed by atoms with E-state index in [4.69, 9.17) is 10.8 Å². The molecule has 0 radical (unpaired) electrons. The van der Waals surface area contributed by atoms with Crippen LogP contribution in [0.1, 0.15) is 47.0 Å². The van der Waals surface area contributed by atoms with Crippen molar-refractivity contribution in [3.05, 3.63) is 0 Å². The fraction of sp³-hybridized carbons (Fsp3) is 0.833. The molecule has 0 unspecified atom stereocenters. The lowest BCUT2D eigenvalue weighted by molar-refractivity contribution is -0.142. The molecular formula is C12H24N2O3. The summed E-state index contributed by atoms with van der Waals surface area (Å²) < 4.78 is 0. The molecule has 17 heavy (non-hydrogen) atoms. The van der Waals surface area contributed by atoms with E-state index in [0.717, 1.165) is 12.8 Å². The summed E-state index contributed by atoms with van der Waals surface area (Å²) in [6.07, 6.45) is 2.10. The zero-order chi connectivity index (χ0) is 13.6. The van der Waals surface area contributed by atoms with Gasteiger partial charge in [-0.25, -0.2) is 4.79 Å². The molecule has 0 saturated carbocycles. The van der Waals surface area contributed by atoms with Crippen molar-refractivity contribution < 1.29 is 14.7 Å². The van der Waals surface area contributed by atoms with E-state index in [0.29, 0.717) is 6.42 Å². The van der Waals surface area contributed by atoms with Crippen LogP contribution in [0.15, 0.2) is 0 Å². The number of rotatable bonds is 6. The molecule has 0 heterocycles. The Morgan fingerprint density at radius 3 is 2.24 bits per heavy atom. The van der Waals surface area contributed by atoms with Gasteiger partial charge in [0, 0.05) is 0 Å². The van der Waals surface area contributed by atoms with Gasteiger partial charge in [-0.05, 0) is 11.8 Å². The number of unbranched alkanes of at least 4 members (excludes halogenated alkanes) is 1. The number of hydrogen-bond acceptors (Lipinski definition) is 3. The average Bonchev–Trinajstić information content (AvgIpc) is 2.20. The second-order valence-electron chi connectivity index (χ2n) is 5.39. The average molecular weight is 244 g/mol. The fourth-order valence-electron chi connectivity index (χ4n) is 1.32. The topological polar surface area (TPSA) is 92.4 Å². The van der Waals surface area contributed by atoms with Gasteiger partial charge in [0.25, 0.3) is 0 Å². The highest BCUT2D eigenvalue weighted by atomic mass is 16.4. The number of nitrogens with two attached hydrogens (primary N) is 1. The summed E-state index contributed by atoms with van der Waals surface area (Å²) in [6, 6.07) is -1.54. The normalized spacial score (nSPS) is 15.1. The standard InChI is InChI=1S/C12H24N2O3/c1-5-6-7-8(11(16)17)14-10(15)9(13)12(2,3)4/h8-9H,5-7,13H2,1-4H3,(H,14,15)(H,16,17)/t8-,9+/m0/s1. The van der Waals surface area contributed by atoms with Crippen molar-refractivity contribution in [1.29, 1.82) is 0 Å². The summed E-state index contributed by atoms with van der Waals surface area (Å²) in [5.74, 6) is -1.41. The maximum atomic E-state index is 11.8. The molecule has 0 fully saturated rings. The number of hydrogen-bond donors (Lipinski definition) is 3. The Hall–Kier alpha value is -1.10. The Bertz CT molecular complexity index is 271. The molecule has 0 aromatic heterocycles. The van der Waals surface area contributed by atoms with Crippen LogP contribution in [0.4, 0.5) is 0 Å². The Labute approximate surface area is 103 Å². The summed E-state index contributed by atoms with van der Waals surface area (Å²) >= 11 is 0. The fourth-order valence-corrected chi connectivity index (χ4v) is 1.32.